The molecule has 4 heteroatoms. The van der Waals surface area contributed by atoms with E-state index in [2.05, 4.69) is 15.9 Å². The maximum absolute atomic E-state index is 12.1. The van der Waals surface area contributed by atoms with Crippen molar-refractivity contribution in [1.82, 2.24) is 0 Å². The SMILES string of the molecule is COc1ccc(Br)c(C(=O)C2=CCCO2)c1. The van der Waals surface area contributed by atoms with E-state index in [-0.39, 0.29) is 5.78 Å². The van der Waals surface area contributed by atoms with E-state index < -0.39 is 0 Å². The molecule has 0 bridgehead atoms. The van der Waals surface area contributed by atoms with Crippen molar-refractivity contribution in [2.45, 2.75) is 6.42 Å². The summed E-state index contributed by atoms with van der Waals surface area (Å²) in [6.45, 7) is 0.586. The lowest BCUT2D eigenvalue weighted by atomic mass is 10.1. The Morgan fingerprint density at radius 3 is 2.94 bits per heavy atom. The third kappa shape index (κ3) is 2.11. The Morgan fingerprint density at radius 1 is 1.50 bits per heavy atom. The van der Waals surface area contributed by atoms with Gasteiger partial charge < -0.3 is 9.47 Å². The number of rotatable bonds is 3. The van der Waals surface area contributed by atoms with E-state index >= 15 is 0 Å². The zero-order valence-corrected chi connectivity index (χ0v) is 10.4. The Hall–Kier alpha value is -1.29. The van der Waals surface area contributed by atoms with Crippen LogP contribution in [-0.4, -0.2) is 19.5 Å². The summed E-state index contributed by atoms with van der Waals surface area (Å²) in [5.41, 5.74) is 0.563. The quantitative estimate of drug-likeness (QED) is 0.800. The molecule has 0 amide bonds. The smallest absolute Gasteiger partial charge is 0.228 e. The Kier molecular flexibility index (Phi) is 3.29. The number of carbonyl (C=O) groups is 1. The molecule has 2 rings (SSSR count). The van der Waals surface area contributed by atoms with Gasteiger partial charge in [-0.05, 0) is 24.3 Å². The fourth-order valence-corrected chi connectivity index (χ4v) is 1.94. The van der Waals surface area contributed by atoms with Gasteiger partial charge in [0.15, 0.2) is 5.76 Å². The third-order valence-corrected chi connectivity index (χ3v) is 3.04. The van der Waals surface area contributed by atoms with Crippen LogP contribution in [0.4, 0.5) is 0 Å². The number of Topliss-reactive ketones (excluding diaryl/α,β-unsaturated/α-hetero) is 1. The maximum atomic E-state index is 12.1. The summed E-state index contributed by atoms with van der Waals surface area (Å²) in [7, 11) is 1.57. The molecule has 3 nitrogen and oxygen atoms in total. The summed E-state index contributed by atoms with van der Waals surface area (Å²) in [6.07, 6.45) is 2.61. The predicted molar refractivity (Wildman–Crippen MR) is 63.7 cm³/mol. The van der Waals surface area contributed by atoms with Gasteiger partial charge in [-0.1, -0.05) is 15.9 Å². The molecule has 0 aromatic heterocycles. The second kappa shape index (κ2) is 4.70. The van der Waals surface area contributed by atoms with Crippen molar-refractivity contribution in [3.63, 3.8) is 0 Å². The first-order valence-corrected chi connectivity index (χ1v) is 5.73. The van der Waals surface area contributed by atoms with Gasteiger partial charge in [0, 0.05) is 16.5 Å². The van der Waals surface area contributed by atoms with Crippen molar-refractivity contribution in [2.24, 2.45) is 0 Å². The number of allylic oxidation sites excluding steroid dienone is 1. The summed E-state index contributed by atoms with van der Waals surface area (Å²) in [6, 6.07) is 5.29. The molecule has 1 aliphatic rings. The minimum absolute atomic E-state index is 0.108. The van der Waals surface area contributed by atoms with Crippen LogP contribution in [0.3, 0.4) is 0 Å². The van der Waals surface area contributed by atoms with Gasteiger partial charge in [0.2, 0.25) is 5.78 Å². The zero-order valence-electron chi connectivity index (χ0n) is 8.83. The van der Waals surface area contributed by atoms with Crippen molar-refractivity contribution in [3.05, 3.63) is 40.1 Å². The van der Waals surface area contributed by atoms with Gasteiger partial charge in [-0.2, -0.15) is 0 Å². The van der Waals surface area contributed by atoms with Crippen LogP contribution in [0.1, 0.15) is 16.8 Å². The first-order valence-electron chi connectivity index (χ1n) is 4.93. The molecule has 0 saturated carbocycles. The highest BCUT2D eigenvalue weighted by molar-refractivity contribution is 9.10. The van der Waals surface area contributed by atoms with Gasteiger partial charge in [0.25, 0.3) is 0 Å². The van der Waals surface area contributed by atoms with Crippen LogP contribution < -0.4 is 4.74 Å². The second-order valence-electron chi connectivity index (χ2n) is 3.38. The van der Waals surface area contributed by atoms with Crippen molar-refractivity contribution >= 4 is 21.7 Å². The molecule has 0 unspecified atom stereocenters. The maximum Gasteiger partial charge on any atom is 0.228 e. The zero-order chi connectivity index (χ0) is 11.5. The summed E-state index contributed by atoms with van der Waals surface area (Å²) in [5, 5.41) is 0. The third-order valence-electron chi connectivity index (χ3n) is 2.35. The van der Waals surface area contributed by atoms with Crippen molar-refractivity contribution < 1.29 is 14.3 Å². The van der Waals surface area contributed by atoms with Crippen molar-refractivity contribution in [2.75, 3.05) is 13.7 Å². The van der Waals surface area contributed by atoms with E-state index in [9.17, 15) is 4.79 Å². The lowest BCUT2D eigenvalue weighted by molar-refractivity contribution is 0.0941. The number of carbonyl (C=O) groups excluding carboxylic acids is 1. The monoisotopic (exact) mass is 282 g/mol. The first-order chi connectivity index (χ1) is 7.72. The lowest BCUT2D eigenvalue weighted by Crippen LogP contribution is -2.05. The highest BCUT2D eigenvalue weighted by Crippen LogP contribution is 2.26. The van der Waals surface area contributed by atoms with E-state index in [1.807, 2.05) is 6.08 Å². The summed E-state index contributed by atoms with van der Waals surface area (Å²) in [4.78, 5) is 12.1. The summed E-state index contributed by atoms with van der Waals surface area (Å²) >= 11 is 3.35. The topological polar surface area (TPSA) is 35.5 Å². The summed E-state index contributed by atoms with van der Waals surface area (Å²) in [5.74, 6) is 0.974. The molecule has 1 heterocycles. The second-order valence-corrected chi connectivity index (χ2v) is 4.23. The average Bonchev–Trinajstić information content (AvgIpc) is 2.82. The Labute approximate surface area is 102 Å². The van der Waals surface area contributed by atoms with Crippen LogP contribution in [0.15, 0.2) is 34.5 Å². The number of methoxy groups -OCH3 is 1. The normalized spacial score (nSPS) is 14.2. The van der Waals surface area contributed by atoms with E-state index in [0.29, 0.717) is 23.7 Å². The standard InChI is InChI=1S/C12H11BrO3/c1-15-8-4-5-10(13)9(7-8)12(14)11-3-2-6-16-11/h3-5,7H,2,6H2,1H3. The highest BCUT2D eigenvalue weighted by atomic mass is 79.9. The molecular weight excluding hydrogens is 272 g/mol. The molecular formula is C12H11BrO3. The van der Waals surface area contributed by atoms with Gasteiger partial charge in [0.05, 0.1) is 13.7 Å². The summed E-state index contributed by atoms with van der Waals surface area (Å²) < 4.78 is 11.1. The van der Waals surface area contributed by atoms with Crippen LogP contribution in [0.2, 0.25) is 0 Å². The van der Waals surface area contributed by atoms with Crippen LogP contribution in [0.25, 0.3) is 0 Å². The molecule has 0 spiro atoms. The molecule has 84 valence electrons. The molecule has 0 aliphatic carbocycles. The first kappa shape index (κ1) is 11.2. The minimum atomic E-state index is -0.108. The van der Waals surface area contributed by atoms with Crippen molar-refractivity contribution in [3.8, 4) is 5.75 Å². The lowest BCUT2D eigenvalue weighted by Gasteiger charge is -2.07. The number of ketones is 1. The minimum Gasteiger partial charge on any atom is -0.497 e. The van der Waals surface area contributed by atoms with E-state index in [1.54, 1.807) is 25.3 Å². The predicted octanol–water partition coefficient (Wildman–Crippen LogP) is 2.94. The van der Waals surface area contributed by atoms with Crippen LogP contribution in [-0.2, 0) is 4.74 Å². The van der Waals surface area contributed by atoms with E-state index in [1.165, 1.54) is 0 Å². The number of ether oxygens (including phenoxy) is 2. The molecule has 16 heavy (non-hydrogen) atoms. The molecule has 1 aromatic carbocycles. The number of hydrogen-bond donors (Lipinski definition) is 0. The Balaban J connectivity index is 2.35. The molecule has 0 atom stereocenters. The molecule has 0 fully saturated rings. The fraction of sp³-hybridized carbons (Fsp3) is 0.250. The van der Waals surface area contributed by atoms with Gasteiger partial charge >= 0.3 is 0 Å². The van der Waals surface area contributed by atoms with Crippen LogP contribution in [0.5, 0.6) is 5.75 Å². The molecule has 0 saturated heterocycles. The van der Waals surface area contributed by atoms with Crippen LogP contribution in [0, 0.1) is 0 Å². The Bertz CT molecular complexity index is 452. The number of hydrogen-bond acceptors (Lipinski definition) is 3. The Morgan fingerprint density at radius 2 is 2.31 bits per heavy atom. The molecule has 1 aliphatic heterocycles. The molecule has 0 N–H and O–H groups in total. The molecule has 1 aromatic rings. The van der Waals surface area contributed by atoms with Crippen LogP contribution >= 0.6 is 15.9 Å². The van der Waals surface area contributed by atoms with Gasteiger partial charge in [-0.15, -0.1) is 0 Å². The number of benzene rings is 1. The van der Waals surface area contributed by atoms with E-state index in [0.717, 1.165) is 10.9 Å². The highest BCUT2D eigenvalue weighted by Gasteiger charge is 2.19. The van der Waals surface area contributed by atoms with Gasteiger partial charge in [0.1, 0.15) is 5.75 Å². The van der Waals surface area contributed by atoms with E-state index in [4.69, 9.17) is 9.47 Å². The molecule has 0 radical (unpaired) electrons. The largest absolute Gasteiger partial charge is 0.497 e. The fourth-order valence-electron chi connectivity index (χ4n) is 1.51. The van der Waals surface area contributed by atoms with Gasteiger partial charge in [-0.25, -0.2) is 0 Å². The number of halogens is 1. The van der Waals surface area contributed by atoms with Gasteiger partial charge in [-0.3, -0.25) is 4.79 Å². The van der Waals surface area contributed by atoms with Crippen molar-refractivity contribution in [1.29, 1.82) is 0 Å². The average molecular weight is 283 g/mol.